The fraction of sp³-hybridized carbons (Fsp3) is 0.133. The zero-order valence-electron chi connectivity index (χ0n) is 10.7. The van der Waals surface area contributed by atoms with Gasteiger partial charge in [-0.25, -0.2) is 0 Å². The van der Waals surface area contributed by atoms with Crippen LogP contribution in [-0.4, -0.2) is 18.2 Å². The van der Waals surface area contributed by atoms with Crippen LogP contribution >= 0.6 is 23.8 Å². The van der Waals surface area contributed by atoms with Crippen LogP contribution in [0, 0.1) is 0 Å². The van der Waals surface area contributed by atoms with Crippen LogP contribution in [0.25, 0.3) is 0 Å². The fourth-order valence-electron chi connectivity index (χ4n) is 1.57. The van der Waals surface area contributed by atoms with E-state index in [1.165, 1.54) is 0 Å². The minimum atomic E-state index is 0.377. The predicted octanol–water partition coefficient (Wildman–Crippen LogP) is 3.43. The number of nitrogens with two attached hydrogens (primary N) is 1. The number of benzene rings is 2. The summed E-state index contributed by atoms with van der Waals surface area (Å²) in [5.41, 5.74) is 6.35. The molecule has 0 unspecified atom stereocenters. The molecule has 0 heterocycles. The molecule has 0 saturated carbocycles. The molecule has 2 aromatic rings. The molecule has 0 atom stereocenters. The first kappa shape index (κ1) is 14.6. The molecule has 0 amide bonds. The maximum Gasteiger partial charge on any atom is 0.122 e. The Balaban J connectivity index is 1.75. The maximum atomic E-state index is 5.79. The second kappa shape index (κ2) is 7.12. The van der Waals surface area contributed by atoms with Crippen molar-refractivity contribution >= 4 is 28.8 Å². The first-order chi connectivity index (χ1) is 9.65. The molecule has 0 bridgehead atoms. The topological polar surface area (TPSA) is 44.5 Å². The monoisotopic (exact) mass is 307 g/mol. The molecular weight excluding hydrogens is 294 g/mol. The number of hydrogen-bond acceptors (Lipinski definition) is 3. The van der Waals surface area contributed by atoms with E-state index in [1.54, 1.807) is 12.1 Å². The molecule has 0 saturated heterocycles. The van der Waals surface area contributed by atoms with Gasteiger partial charge in [0, 0.05) is 10.6 Å². The van der Waals surface area contributed by atoms with Crippen molar-refractivity contribution in [3.05, 3.63) is 59.1 Å². The molecule has 0 aromatic heterocycles. The van der Waals surface area contributed by atoms with Crippen LogP contribution in [0.15, 0.2) is 48.5 Å². The molecule has 0 aliphatic heterocycles. The zero-order valence-corrected chi connectivity index (χ0v) is 12.3. The highest BCUT2D eigenvalue weighted by atomic mass is 35.5. The summed E-state index contributed by atoms with van der Waals surface area (Å²) in [6, 6.07) is 14.5. The third kappa shape index (κ3) is 4.40. The molecule has 0 aliphatic carbocycles. The summed E-state index contributed by atoms with van der Waals surface area (Å²) >= 11 is 10.7. The van der Waals surface area contributed by atoms with Crippen LogP contribution in [0.2, 0.25) is 5.02 Å². The molecular formula is C15H14ClNO2S. The summed E-state index contributed by atoms with van der Waals surface area (Å²) < 4.78 is 11.1. The second-order valence-electron chi connectivity index (χ2n) is 4.04. The standard InChI is InChI=1S/C15H14ClNO2S/c16-12-3-7-14(8-4-12)19-10-9-18-13-5-1-11(2-6-13)15(17)20/h1-8H,9-10H2,(H2,17,20). The fourth-order valence-corrected chi connectivity index (χ4v) is 1.83. The second-order valence-corrected chi connectivity index (χ2v) is 4.92. The SMILES string of the molecule is NC(=S)c1ccc(OCCOc2ccc(Cl)cc2)cc1. The molecule has 0 spiro atoms. The molecule has 2 aromatic carbocycles. The van der Waals surface area contributed by atoms with Crippen molar-refractivity contribution in [1.29, 1.82) is 0 Å². The maximum absolute atomic E-state index is 5.79. The number of thiocarbonyl (C=S) groups is 1. The minimum Gasteiger partial charge on any atom is -0.490 e. The van der Waals surface area contributed by atoms with Crippen LogP contribution in [0.4, 0.5) is 0 Å². The Bertz CT molecular complexity index is 569. The summed E-state index contributed by atoms with van der Waals surface area (Å²) in [6.45, 7) is 0.910. The molecule has 20 heavy (non-hydrogen) atoms. The van der Waals surface area contributed by atoms with Gasteiger partial charge >= 0.3 is 0 Å². The molecule has 104 valence electrons. The third-order valence-corrected chi connectivity index (χ3v) is 3.06. The van der Waals surface area contributed by atoms with Crippen molar-refractivity contribution in [3.8, 4) is 11.5 Å². The normalized spacial score (nSPS) is 10.1. The number of halogens is 1. The van der Waals surface area contributed by atoms with Gasteiger partial charge in [-0.3, -0.25) is 0 Å². The van der Waals surface area contributed by atoms with E-state index in [0.29, 0.717) is 23.2 Å². The third-order valence-electron chi connectivity index (χ3n) is 2.57. The number of hydrogen-bond donors (Lipinski definition) is 1. The van der Waals surface area contributed by atoms with Crippen molar-refractivity contribution in [1.82, 2.24) is 0 Å². The van der Waals surface area contributed by atoms with E-state index < -0.39 is 0 Å². The summed E-state index contributed by atoms with van der Waals surface area (Å²) in [6.07, 6.45) is 0. The Labute approximate surface area is 128 Å². The van der Waals surface area contributed by atoms with Crippen LogP contribution in [0.1, 0.15) is 5.56 Å². The van der Waals surface area contributed by atoms with Gasteiger partial charge in [0.15, 0.2) is 0 Å². The van der Waals surface area contributed by atoms with Gasteiger partial charge in [0.05, 0.1) is 0 Å². The Hall–Kier alpha value is -1.78. The molecule has 5 heteroatoms. The lowest BCUT2D eigenvalue weighted by Gasteiger charge is -2.08. The van der Waals surface area contributed by atoms with Crippen molar-refractivity contribution in [3.63, 3.8) is 0 Å². The zero-order chi connectivity index (χ0) is 14.4. The number of rotatable bonds is 6. The lowest BCUT2D eigenvalue weighted by Crippen LogP contribution is -2.10. The van der Waals surface area contributed by atoms with Crippen molar-refractivity contribution < 1.29 is 9.47 Å². The van der Waals surface area contributed by atoms with Gasteiger partial charge in [-0.2, -0.15) is 0 Å². The van der Waals surface area contributed by atoms with Gasteiger partial charge in [-0.05, 0) is 48.5 Å². The van der Waals surface area contributed by atoms with E-state index in [0.717, 1.165) is 17.1 Å². The van der Waals surface area contributed by atoms with E-state index in [-0.39, 0.29) is 0 Å². The van der Waals surface area contributed by atoms with Gasteiger partial charge < -0.3 is 15.2 Å². The van der Waals surface area contributed by atoms with E-state index >= 15 is 0 Å². The molecule has 2 rings (SSSR count). The van der Waals surface area contributed by atoms with E-state index in [1.807, 2.05) is 36.4 Å². The first-order valence-corrected chi connectivity index (χ1v) is 6.85. The predicted molar refractivity (Wildman–Crippen MR) is 84.8 cm³/mol. The number of ether oxygens (including phenoxy) is 2. The summed E-state index contributed by atoms with van der Waals surface area (Å²) in [4.78, 5) is 0.377. The Morgan fingerprint density at radius 3 is 1.80 bits per heavy atom. The molecule has 3 nitrogen and oxygen atoms in total. The Kier molecular flexibility index (Phi) is 5.21. The summed E-state index contributed by atoms with van der Waals surface area (Å²) in [7, 11) is 0. The van der Waals surface area contributed by atoms with Gasteiger partial charge in [-0.15, -0.1) is 0 Å². The summed E-state index contributed by atoms with van der Waals surface area (Å²) in [5, 5.41) is 0.687. The lowest BCUT2D eigenvalue weighted by molar-refractivity contribution is 0.217. The van der Waals surface area contributed by atoms with E-state index in [4.69, 9.17) is 39.0 Å². The van der Waals surface area contributed by atoms with E-state index in [2.05, 4.69) is 0 Å². The van der Waals surface area contributed by atoms with E-state index in [9.17, 15) is 0 Å². The molecule has 0 fully saturated rings. The average molecular weight is 308 g/mol. The highest BCUT2D eigenvalue weighted by molar-refractivity contribution is 7.80. The quantitative estimate of drug-likeness (QED) is 0.656. The smallest absolute Gasteiger partial charge is 0.122 e. The van der Waals surface area contributed by atoms with Gasteiger partial charge in [0.2, 0.25) is 0 Å². The Morgan fingerprint density at radius 2 is 1.35 bits per heavy atom. The van der Waals surface area contributed by atoms with Gasteiger partial charge in [0.1, 0.15) is 29.7 Å². The molecule has 0 radical (unpaired) electrons. The lowest BCUT2D eigenvalue weighted by atomic mass is 10.2. The van der Waals surface area contributed by atoms with Crippen LogP contribution in [-0.2, 0) is 0 Å². The average Bonchev–Trinajstić information content (AvgIpc) is 2.46. The Morgan fingerprint density at radius 1 is 0.900 bits per heavy atom. The highest BCUT2D eigenvalue weighted by Gasteiger charge is 1.98. The van der Waals surface area contributed by atoms with Crippen LogP contribution in [0.3, 0.4) is 0 Å². The van der Waals surface area contributed by atoms with Gasteiger partial charge in [-0.1, -0.05) is 23.8 Å². The summed E-state index contributed by atoms with van der Waals surface area (Å²) in [5.74, 6) is 1.52. The van der Waals surface area contributed by atoms with Crippen LogP contribution < -0.4 is 15.2 Å². The van der Waals surface area contributed by atoms with Crippen molar-refractivity contribution in [2.45, 2.75) is 0 Å². The van der Waals surface area contributed by atoms with Crippen molar-refractivity contribution in [2.75, 3.05) is 13.2 Å². The first-order valence-electron chi connectivity index (χ1n) is 6.06. The van der Waals surface area contributed by atoms with Crippen LogP contribution in [0.5, 0.6) is 11.5 Å². The minimum absolute atomic E-state index is 0.377. The van der Waals surface area contributed by atoms with Gasteiger partial charge in [0.25, 0.3) is 0 Å². The largest absolute Gasteiger partial charge is 0.490 e. The molecule has 2 N–H and O–H groups in total. The highest BCUT2D eigenvalue weighted by Crippen LogP contribution is 2.16. The molecule has 0 aliphatic rings. The van der Waals surface area contributed by atoms with Crippen molar-refractivity contribution in [2.24, 2.45) is 5.73 Å².